The predicted octanol–water partition coefficient (Wildman–Crippen LogP) is 1.38. The maximum absolute atomic E-state index is 5.40. The van der Waals surface area contributed by atoms with Gasteiger partial charge >= 0.3 is 0 Å². The number of halogens is 1. The van der Waals surface area contributed by atoms with Gasteiger partial charge in [-0.05, 0) is 16.8 Å². The quantitative estimate of drug-likeness (QED) is 0.649. The molecule has 0 atom stereocenters. The smallest absolute Gasteiger partial charge is 0.281 e. The zero-order chi connectivity index (χ0) is 7.68. The van der Waals surface area contributed by atoms with E-state index >= 15 is 0 Å². The van der Waals surface area contributed by atoms with E-state index in [0.717, 1.165) is 0 Å². The van der Waals surface area contributed by atoms with E-state index in [1.54, 1.807) is 6.07 Å². The molecule has 0 bridgehead atoms. The molecule has 0 saturated carbocycles. The molecule has 56 valence electrons. The first-order valence-corrected chi connectivity index (χ1v) is 3.14. The van der Waals surface area contributed by atoms with Gasteiger partial charge in [-0.25, -0.2) is 0 Å². The molecule has 0 amide bonds. The minimum absolute atomic E-state index is 0.0583. The van der Waals surface area contributed by atoms with Crippen molar-refractivity contribution in [3.8, 4) is 11.6 Å². The Morgan fingerprint density at radius 3 is 2.82 bits per heavy atom. The second kappa shape index (κ2) is 2.35. The Bertz CT molecular complexity index is 342. The molecule has 11 heavy (non-hydrogen) atoms. The van der Waals surface area contributed by atoms with Gasteiger partial charge in [0.2, 0.25) is 0 Å². The van der Waals surface area contributed by atoms with Crippen LogP contribution in [-0.2, 0) is 0 Å². The molecule has 2 heterocycles. The standard InChI is InChI=1S/C5H2ClN3O2/c6-5-7-4(11-9-5)3-1-2-10-8-3/h1-2H. The Morgan fingerprint density at radius 2 is 2.27 bits per heavy atom. The Kier molecular flexibility index (Phi) is 1.36. The van der Waals surface area contributed by atoms with Gasteiger partial charge < -0.3 is 9.05 Å². The van der Waals surface area contributed by atoms with Crippen LogP contribution in [0.1, 0.15) is 0 Å². The number of hydrogen-bond donors (Lipinski definition) is 0. The van der Waals surface area contributed by atoms with Crippen molar-refractivity contribution in [1.82, 2.24) is 15.3 Å². The van der Waals surface area contributed by atoms with Crippen LogP contribution >= 0.6 is 11.6 Å². The third kappa shape index (κ3) is 1.10. The van der Waals surface area contributed by atoms with Crippen LogP contribution in [0.3, 0.4) is 0 Å². The largest absolute Gasteiger partial charge is 0.364 e. The van der Waals surface area contributed by atoms with Gasteiger partial charge in [0.05, 0.1) is 0 Å². The summed E-state index contributed by atoms with van der Waals surface area (Å²) in [4.78, 5) is 3.72. The molecule has 0 saturated heterocycles. The summed E-state index contributed by atoms with van der Waals surface area (Å²) in [6, 6.07) is 1.60. The molecule has 0 aliphatic rings. The summed E-state index contributed by atoms with van der Waals surface area (Å²) in [6.45, 7) is 0. The molecule has 2 rings (SSSR count). The molecule has 0 aliphatic heterocycles. The van der Waals surface area contributed by atoms with E-state index in [1.165, 1.54) is 6.26 Å². The SMILES string of the molecule is Clc1noc(-c2ccon2)n1. The Labute approximate surface area is 65.9 Å². The van der Waals surface area contributed by atoms with Gasteiger partial charge in [-0.3, -0.25) is 0 Å². The van der Waals surface area contributed by atoms with E-state index in [0.29, 0.717) is 5.69 Å². The number of nitrogens with zero attached hydrogens (tertiary/aromatic N) is 3. The van der Waals surface area contributed by atoms with Gasteiger partial charge in [-0.2, -0.15) is 4.98 Å². The molecule has 2 aromatic heterocycles. The summed E-state index contributed by atoms with van der Waals surface area (Å²) in [6.07, 6.45) is 1.41. The van der Waals surface area contributed by atoms with Crippen molar-refractivity contribution in [2.75, 3.05) is 0 Å². The average Bonchev–Trinajstić information content (AvgIpc) is 2.55. The zero-order valence-corrected chi connectivity index (χ0v) is 5.95. The molecule has 2 aromatic rings. The van der Waals surface area contributed by atoms with E-state index in [-0.39, 0.29) is 11.2 Å². The summed E-state index contributed by atoms with van der Waals surface area (Å²) in [5.74, 6) is 0.253. The van der Waals surface area contributed by atoms with Crippen LogP contribution in [0.2, 0.25) is 5.28 Å². The van der Waals surface area contributed by atoms with Crippen LogP contribution in [0.5, 0.6) is 0 Å². The van der Waals surface area contributed by atoms with Crippen molar-refractivity contribution in [2.45, 2.75) is 0 Å². The van der Waals surface area contributed by atoms with Crippen molar-refractivity contribution < 1.29 is 9.05 Å². The van der Waals surface area contributed by atoms with Crippen molar-refractivity contribution in [1.29, 1.82) is 0 Å². The zero-order valence-electron chi connectivity index (χ0n) is 5.19. The highest BCUT2D eigenvalue weighted by Gasteiger charge is 2.08. The third-order valence-corrected chi connectivity index (χ3v) is 1.21. The molecule has 0 unspecified atom stereocenters. The third-order valence-electron chi connectivity index (χ3n) is 1.06. The van der Waals surface area contributed by atoms with Crippen LogP contribution < -0.4 is 0 Å². The lowest BCUT2D eigenvalue weighted by Gasteiger charge is -1.77. The van der Waals surface area contributed by atoms with E-state index in [9.17, 15) is 0 Å². The normalized spacial score (nSPS) is 10.3. The summed E-state index contributed by atoms with van der Waals surface area (Å²) in [5.41, 5.74) is 0.476. The number of hydrogen-bond acceptors (Lipinski definition) is 5. The molecule has 0 aliphatic carbocycles. The number of aromatic nitrogens is 3. The molecule has 0 radical (unpaired) electrons. The molecule has 5 nitrogen and oxygen atoms in total. The lowest BCUT2D eigenvalue weighted by molar-refractivity contribution is 0.404. The second-order valence-corrected chi connectivity index (χ2v) is 2.09. The van der Waals surface area contributed by atoms with Crippen LogP contribution in [0, 0.1) is 0 Å². The van der Waals surface area contributed by atoms with Crippen molar-refractivity contribution in [3.05, 3.63) is 17.6 Å². The highest BCUT2D eigenvalue weighted by Crippen LogP contribution is 2.15. The summed E-state index contributed by atoms with van der Waals surface area (Å²) in [7, 11) is 0. The fourth-order valence-electron chi connectivity index (χ4n) is 0.632. The van der Waals surface area contributed by atoms with Gasteiger partial charge in [0.25, 0.3) is 11.2 Å². The Hall–Kier alpha value is -1.36. The first-order valence-electron chi connectivity index (χ1n) is 2.76. The van der Waals surface area contributed by atoms with Gasteiger partial charge in [-0.15, -0.1) is 0 Å². The van der Waals surface area contributed by atoms with Gasteiger partial charge in [0.1, 0.15) is 6.26 Å². The number of rotatable bonds is 1. The lowest BCUT2D eigenvalue weighted by Crippen LogP contribution is -1.74. The monoisotopic (exact) mass is 171 g/mol. The van der Waals surface area contributed by atoms with E-state index < -0.39 is 0 Å². The minimum atomic E-state index is 0.0583. The first-order chi connectivity index (χ1) is 5.36. The molecular weight excluding hydrogens is 170 g/mol. The molecule has 0 fully saturated rings. The average molecular weight is 172 g/mol. The van der Waals surface area contributed by atoms with Gasteiger partial charge in [0, 0.05) is 6.07 Å². The minimum Gasteiger partial charge on any atom is -0.364 e. The van der Waals surface area contributed by atoms with Crippen molar-refractivity contribution in [3.63, 3.8) is 0 Å². The Balaban J connectivity index is 2.45. The van der Waals surface area contributed by atoms with Crippen LogP contribution in [0.15, 0.2) is 21.4 Å². The molecule has 0 N–H and O–H groups in total. The maximum Gasteiger partial charge on any atom is 0.281 e. The van der Waals surface area contributed by atoms with Gasteiger partial charge in [-0.1, -0.05) is 5.16 Å². The topological polar surface area (TPSA) is 65.0 Å². The van der Waals surface area contributed by atoms with E-state index in [4.69, 9.17) is 16.1 Å². The summed E-state index contributed by atoms with van der Waals surface area (Å²) < 4.78 is 9.25. The van der Waals surface area contributed by atoms with Crippen molar-refractivity contribution in [2.24, 2.45) is 0 Å². The lowest BCUT2D eigenvalue weighted by atomic mass is 10.4. The van der Waals surface area contributed by atoms with Gasteiger partial charge in [0.15, 0.2) is 5.69 Å². The van der Waals surface area contributed by atoms with Crippen LogP contribution in [0.4, 0.5) is 0 Å². The maximum atomic E-state index is 5.40. The first kappa shape index (κ1) is 6.36. The van der Waals surface area contributed by atoms with Crippen LogP contribution in [0.25, 0.3) is 11.6 Å². The van der Waals surface area contributed by atoms with Crippen LogP contribution in [-0.4, -0.2) is 15.3 Å². The molecule has 6 heteroatoms. The fraction of sp³-hybridized carbons (Fsp3) is 0. The Morgan fingerprint density at radius 1 is 1.36 bits per heavy atom. The highest BCUT2D eigenvalue weighted by atomic mass is 35.5. The predicted molar refractivity (Wildman–Crippen MR) is 34.8 cm³/mol. The van der Waals surface area contributed by atoms with E-state index in [2.05, 4.69) is 19.8 Å². The molecular formula is C5H2ClN3O2. The fourth-order valence-corrected chi connectivity index (χ4v) is 0.744. The van der Waals surface area contributed by atoms with E-state index in [1.807, 2.05) is 0 Å². The summed E-state index contributed by atoms with van der Waals surface area (Å²) in [5, 5.41) is 7.00. The summed E-state index contributed by atoms with van der Waals surface area (Å²) >= 11 is 5.40. The van der Waals surface area contributed by atoms with Crippen molar-refractivity contribution >= 4 is 11.6 Å². The molecule has 0 spiro atoms. The molecule has 0 aromatic carbocycles. The highest BCUT2D eigenvalue weighted by molar-refractivity contribution is 6.28. The second-order valence-electron chi connectivity index (χ2n) is 1.75.